The molecule has 1 saturated heterocycles. The van der Waals surface area contributed by atoms with Crippen molar-refractivity contribution in [3.05, 3.63) is 59.7 Å². The largest absolute Gasteiger partial charge is 0.493 e. The number of hydrogen-bond donors (Lipinski definition) is 2. The molecule has 2 N–H and O–H groups in total. The van der Waals surface area contributed by atoms with Crippen molar-refractivity contribution in [1.29, 1.82) is 0 Å². The van der Waals surface area contributed by atoms with E-state index in [1.807, 2.05) is 60.4 Å². The lowest BCUT2D eigenvalue weighted by Gasteiger charge is -2.25. The zero-order valence-electron chi connectivity index (χ0n) is 17.7. The summed E-state index contributed by atoms with van der Waals surface area (Å²) in [4.78, 5) is 26.5. The SMILES string of the molecule is COc1ccc(CCNC(=O)NC2CC(=O)N(C(C)c3ccccc3)C2)cc1OC. The van der Waals surface area contributed by atoms with Gasteiger partial charge in [0, 0.05) is 19.5 Å². The molecule has 1 aliphatic heterocycles. The fraction of sp³-hybridized carbons (Fsp3) is 0.391. The number of carbonyl (C=O) groups is 2. The summed E-state index contributed by atoms with van der Waals surface area (Å²) in [6.07, 6.45) is 0.981. The van der Waals surface area contributed by atoms with Crippen LogP contribution >= 0.6 is 0 Å². The van der Waals surface area contributed by atoms with E-state index in [1.165, 1.54) is 0 Å². The van der Waals surface area contributed by atoms with Crippen molar-refractivity contribution in [3.63, 3.8) is 0 Å². The van der Waals surface area contributed by atoms with Gasteiger partial charge in [-0.3, -0.25) is 4.79 Å². The highest BCUT2D eigenvalue weighted by atomic mass is 16.5. The molecule has 3 amide bonds. The molecule has 1 fully saturated rings. The van der Waals surface area contributed by atoms with Crippen molar-refractivity contribution in [2.45, 2.75) is 31.8 Å². The lowest BCUT2D eigenvalue weighted by molar-refractivity contribution is -0.129. The molecule has 0 spiro atoms. The highest BCUT2D eigenvalue weighted by Gasteiger charge is 2.33. The molecule has 0 radical (unpaired) electrons. The summed E-state index contributed by atoms with van der Waals surface area (Å²) in [6.45, 7) is 3.00. The fourth-order valence-electron chi connectivity index (χ4n) is 3.71. The average molecular weight is 412 g/mol. The molecule has 1 aliphatic rings. The van der Waals surface area contributed by atoms with E-state index in [2.05, 4.69) is 10.6 Å². The number of urea groups is 1. The molecule has 7 nitrogen and oxygen atoms in total. The minimum atomic E-state index is -0.262. The van der Waals surface area contributed by atoms with Crippen LogP contribution in [-0.2, 0) is 11.2 Å². The Morgan fingerprint density at radius 1 is 1.13 bits per heavy atom. The number of benzene rings is 2. The van der Waals surface area contributed by atoms with Crippen LogP contribution in [-0.4, -0.2) is 50.2 Å². The highest BCUT2D eigenvalue weighted by Crippen LogP contribution is 2.28. The van der Waals surface area contributed by atoms with E-state index in [-0.39, 0.29) is 24.0 Å². The van der Waals surface area contributed by atoms with E-state index in [0.29, 0.717) is 37.4 Å². The molecule has 1 heterocycles. The summed E-state index contributed by atoms with van der Waals surface area (Å²) in [5, 5.41) is 5.78. The molecule has 0 aromatic heterocycles. The maximum absolute atomic E-state index is 12.4. The van der Waals surface area contributed by atoms with E-state index in [0.717, 1.165) is 11.1 Å². The number of nitrogens with zero attached hydrogens (tertiary/aromatic N) is 1. The number of nitrogens with one attached hydrogen (secondary N) is 2. The van der Waals surface area contributed by atoms with Crippen LogP contribution < -0.4 is 20.1 Å². The Morgan fingerprint density at radius 3 is 2.57 bits per heavy atom. The topological polar surface area (TPSA) is 79.9 Å². The molecule has 2 atom stereocenters. The lowest BCUT2D eigenvalue weighted by Crippen LogP contribution is -2.44. The highest BCUT2D eigenvalue weighted by molar-refractivity contribution is 5.82. The molecule has 2 aromatic rings. The van der Waals surface area contributed by atoms with Gasteiger partial charge in [-0.25, -0.2) is 4.79 Å². The fourth-order valence-corrected chi connectivity index (χ4v) is 3.71. The first-order valence-corrected chi connectivity index (χ1v) is 10.1. The third-order valence-corrected chi connectivity index (χ3v) is 5.39. The summed E-state index contributed by atoms with van der Waals surface area (Å²) in [5.41, 5.74) is 2.12. The number of carbonyl (C=O) groups excluding carboxylic acids is 2. The summed E-state index contributed by atoms with van der Waals surface area (Å²) >= 11 is 0. The van der Waals surface area contributed by atoms with Crippen molar-refractivity contribution in [2.24, 2.45) is 0 Å². The van der Waals surface area contributed by atoms with Gasteiger partial charge >= 0.3 is 6.03 Å². The Hall–Kier alpha value is -3.22. The van der Waals surface area contributed by atoms with Crippen molar-refractivity contribution in [1.82, 2.24) is 15.5 Å². The van der Waals surface area contributed by atoms with Crippen LogP contribution in [0.5, 0.6) is 11.5 Å². The van der Waals surface area contributed by atoms with Crippen LogP contribution in [0.1, 0.15) is 30.5 Å². The quantitative estimate of drug-likeness (QED) is 0.700. The van der Waals surface area contributed by atoms with Gasteiger partial charge in [-0.05, 0) is 36.6 Å². The standard InChI is InChI=1S/C23H29N3O4/c1-16(18-7-5-4-6-8-18)26-15-19(14-22(26)27)25-23(28)24-12-11-17-9-10-20(29-2)21(13-17)30-3/h4-10,13,16,19H,11-12,14-15H2,1-3H3,(H2,24,25,28). The first-order valence-electron chi connectivity index (χ1n) is 10.1. The number of hydrogen-bond acceptors (Lipinski definition) is 4. The number of ether oxygens (including phenoxy) is 2. The Balaban J connectivity index is 1.46. The van der Waals surface area contributed by atoms with Gasteiger partial charge in [0.2, 0.25) is 5.91 Å². The average Bonchev–Trinajstić information content (AvgIpc) is 3.13. The predicted octanol–water partition coefficient (Wildman–Crippen LogP) is 2.91. The molecule has 160 valence electrons. The zero-order valence-corrected chi connectivity index (χ0v) is 17.7. The van der Waals surface area contributed by atoms with E-state index in [1.54, 1.807) is 14.2 Å². The van der Waals surface area contributed by atoms with Crippen LogP contribution in [0.3, 0.4) is 0 Å². The maximum atomic E-state index is 12.4. The number of likely N-dealkylation sites (tertiary alicyclic amines) is 1. The lowest BCUT2D eigenvalue weighted by atomic mass is 10.1. The molecule has 0 bridgehead atoms. The zero-order chi connectivity index (χ0) is 21.5. The second-order valence-corrected chi connectivity index (χ2v) is 7.37. The second-order valence-electron chi connectivity index (χ2n) is 7.37. The summed E-state index contributed by atoms with van der Waals surface area (Å²) < 4.78 is 10.5. The van der Waals surface area contributed by atoms with Crippen LogP contribution in [0.4, 0.5) is 4.79 Å². The Kier molecular flexibility index (Phi) is 7.17. The molecule has 30 heavy (non-hydrogen) atoms. The molecular weight excluding hydrogens is 382 g/mol. The van der Waals surface area contributed by atoms with Gasteiger partial charge in [0.05, 0.1) is 26.3 Å². The molecule has 0 aliphatic carbocycles. The van der Waals surface area contributed by atoms with Gasteiger partial charge in [-0.15, -0.1) is 0 Å². The van der Waals surface area contributed by atoms with Gasteiger partial charge in [0.25, 0.3) is 0 Å². The van der Waals surface area contributed by atoms with Crippen molar-refractivity contribution >= 4 is 11.9 Å². The summed E-state index contributed by atoms with van der Waals surface area (Å²) in [7, 11) is 3.19. The van der Waals surface area contributed by atoms with Gasteiger partial charge in [0.15, 0.2) is 11.5 Å². The van der Waals surface area contributed by atoms with Crippen LogP contribution in [0.2, 0.25) is 0 Å². The second kappa shape index (κ2) is 10.0. The first kappa shape index (κ1) is 21.5. The monoisotopic (exact) mass is 411 g/mol. The van der Waals surface area contributed by atoms with E-state index in [9.17, 15) is 9.59 Å². The van der Waals surface area contributed by atoms with Gasteiger partial charge < -0.3 is 25.0 Å². The van der Waals surface area contributed by atoms with E-state index < -0.39 is 0 Å². The molecule has 3 rings (SSSR count). The minimum absolute atomic E-state index is 0.0152. The van der Waals surface area contributed by atoms with Crippen molar-refractivity contribution in [2.75, 3.05) is 27.3 Å². The number of methoxy groups -OCH3 is 2. The predicted molar refractivity (Wildman–Crippen MR) is 115 cm³/mol. The number of amides is 3. The van der Waals surface area contributed by atoms with E-state index >= 15 is 0 Å². The first-order chi connectivity index (χ1) is 14.5. The van der Waals surface area contributed by atoms with Crippen LogP contribution in [0.25, 0.3) is 0 Å². The number of rotatable bonds is 8. The molecular formula is C23H29N3O4. The van der Waals surface area contributed by atoms with Crippen LogP contribution in [0.15, 0.2) is 48.5 Å². The Labute approximate surface area is 177 Å². The van der Waals surface area contributed by atoms with Gasteiger partial charge in [-0.1, -0.05) is 36.4 Å². The minimum Gasteiger partial charge on any atom is -0.493 e. The Bertz CT molecular complexity index is 872. The molecule has 2 aromatic carbocycles. The smallest absolute Gasteiger partial charge is 0.315 e. The normalized spacial score (nSPS) is 16.8. The Morgan fingerprint density at radius 2 is 1.87 bits per heavy atom. The third-order valence-electron chi connectivity index (χ3n) is 5.39. The molecule has 2 unspecified atom stereocenters. The third kappa shape index (κ3) is 5.23. The van der Waals surface area contributed by atoms with Crippen molar-refractivity contribution in [3.8, 4) is 11.5 Å². The summed E-state index contributed by atoms with van der Waals surface area (Å²) in [6, 6.07) is 15.1. The van der Waals surface area contributed by atoms with Gasteiger partial charge in [0.1, 0.15) is 0 Å². The van der Waals surface area contributed by atoms with E-state index in [4.69, 9.17) is 9.47 Å². The summed E-state index contributed by atoms with van der Waals surface area (Å²) in [5.74, 6) is 1.39. The van der Waals surface area contributed by atoms with Crippen LogP contribution in [0, 0.1) is 0 Å². The molecule has 7 heteroatoms. The molecule has 0 saturated carbocycles. The maximum Gasteiger partial charge on any atom is 0.315 e. The van der Waals surface area contributed by atoms with Crippen molar-refractivity contribution < 1.29 is 19.1 Å². The van der Waals surface area contributed by atoms with Gasteiger partial charge in [-0.2, -0.15) is 0 Å².